The summed E-state index contributed by atoms with van der Waals surface area (Å²) in [6, 6.07) is -1.28. The smallest absolute Gasteiger partial charge is 0.327 e. The van der Waals surface area contributed by atoms with Crippen molar-refractivity contribution in [1.29, 1.82) is 0 Å². The molecule has 0 aliphatic heterocycles. The summed E-state index contributed by atoms with van der Waals surface area (Å²) in [5.41, 5.74) is 0. The highest BCUT2D eigenvalue weighted by molar-refractivity contribution is 7.86. The van der Waals surface area contributed by atoms with Crippen LogP contribution in [0.15, 0.2) is 0 Å². The fraction of sp³-hybridized carbons (Fsp3) is 0.727. The molecular weight excluding hydrogens is 288 g/mol. The Kier molecular flexibility index (Phi) is 8.73. The van der Waals surface area contributed by atoms with Gasteiger partial charge in [0.05, 0.1) is 12.4 Å². The Labute approximate surface area is 119 Å². The van der Waals surface area contributed by atoms with Crippen LogP contribution in [0.1, 0.15) is 13.8 Å². The van der Waals surface area contributed by atoms with E-state index in [1.165, 1.54) is 21.0 Å². The number of carboxylic acid groups (broad SMARTS) is 1. The summed E-state index contributed by atoms with van der Waals surface area (Å²) >= 11 is 0. The highest BCUT2D eigenvalue weighted by atomic mass is 32.2. The maximum atomic E-state index is 11.9. The largest absolute Gasteiger partial charge is 0.480 e. The summed E-state index contributed by atoms with van der Waals surface area (Å²) in [6.45, 7) is 3.21. The van der Waals surface area contributed by atoms with Crippen LogP contribution in [-0.2, 0) is 29.9 Å². The lowest BCUT2D eigenvalue weighted by Crippen LogP contribution is -2.46. The quantitative estimate of drug-likeness (QED) is 0.445. The molecule has 3 atom stereocenters. The molecule has 8 nitrogen and oxygen atoms in total. The summed E-state index contributed by atoms with van der Waals surface area (Å²) in [6.07, 6.45) is 0. The molecule has 0 rings (SSSR count). The Morgan fingerprint density at radius 3 is 2.40 bits per heavy atom. The maximum Gasteiger partial charge on any atom is 0.327 e. The van der Waals surface area contributed by atoms with Crippen molar-refractivity contribution in [2.75, 3.05) is 26.0 Å². The van der Waals surface area contributed by atoms with E-state index in [0.717, 1.165) is 0 Å². The Balaban J connectivity index is 4.44. The molecule has 0 spiro atoms. The molecule has 0 fully saturated rings. The van der Waals surface area contributed by atoms with Gasteiger partial charge in [0.2, 0.25) is 11.8 Å². The lowest BCUT2D eigenvalue weighted by molar-refractivity contribution is -0.140. The van der Waals surface area contributed by atoms with Crippen molar-refractivity contribution in [3.63, 3.8) is 0 Å². The predicted octanol–water partition coefficient (Wildman–Crippen LogP) is -1.52. The molecule has 20 heavy (non-hydrogen) atoms. The number of hydrogen-bond acceptors (Lipinski definition) is 5. The summed E-state index contributed by atoms with van der Waals surface area (Å²) in [5.74, 6) is -2.60. The van der Waals surface area contributed by atoms with Crippen molar-refractivity contribution in [3.05, 3.63) is 0 Å². The number of rotatable bonds is 9. The minimum absolute atomic E-state index is 0.283. The number of carboxylic acids is 1. The van der Waals surface area contributed by atoms with E-state index < -0.39 is 39.9 Å². The van der Waals surface area contributed by atoms with Gasteiger partial charge >= 0.3 is 5.97 Å². The van der Waals surface area contributed by atoms with Gasteiger partial charge in [0.25, 0.3) is 0 Å². The minimum Gasteiger partial charge on any atom is -0.480 e. The zero-order valence-electron chi connectivity index (χ0n) is 11.7. The van der Waals surface area contributed by atoms with Gasteiger partial charge in [-0.3, -0.25) is 13.8 Å². The Hall–Kier alpha value is -1.48. The van der Waals surface area contributed by atoms with Gasteiger partial charge in [-0.05, 0) is 6.92 Å². The molecule has 0 saturated carbocycles. The number of hydrogen-bond donors (Lipinski definition) is 3. The van der Waals surface area contributed by atoms with E-state index in [0.29, 0.717) is 6.61 Å². The molecule has 2 unspecified atom stereocenters. The lowest BCUT2D eigenvalue weighted by atomic mass is 10.3. The summed E-state index contributed by atoms with van der Waals surface area (Å²) in [4.78, 5) is 33.4. The fourth-order valence-electron chi connectivity index (χ4n) is 1.27. The SMILES string of the molecule is COCCNC(=O)C(C)S(=O)C[C@H](NC(C)=O)C(=O)O. The van der Waals surface area contributed by atoms with Gasteiger partial charge in [-0.2, -0.15) is 0 Å². The van der Waals surface area contributed by atoms with Gasteiger partial charge in [0.1, 0.15) is 11.3 Å². The average Bonchev–Trinajstić information content (AvgIpc) is 2.36. The molecule has 0 aliphatic carbocycles. The van der Waals surface area contributed by atoms with Gasteiger partial charge < -0.3 is 20.5 Å². The molecule has 0 aromatic carbocycles. The van der Waals surface area contributed by atoms with Crippen LogP contribution in [-0.4, -0.2) is 64.4 Å². The van der Waals surface area contributed by atoms with Crippen LogP contribution in [0.25, 0.3) is 0 Å². The number of ether oxygens (including phenoxy) is 1. The standard InChI is InChI=1S/C11H20N2O6S/c1-7(10(15)12-4-5-19-3)20(18)6-9(11(16)17)13-8(2)14/h7,9H,4-6H2,1-3H3,(H,12,15)(H,13,14)(H,16,17)/t7?,9-,20?/m0/s1. The lowest BCUT2D eigenvalue weighted by Gasteiger charge is -2.16. The third-order valence-electron chi connectivity index (χ3n) is 2.38. The predicted molar refractivity (Wildman–Crippen MR) is 72.6 cm³/mol. The van der Waals surface area contributed by atoms with Crippen molar-refractivity contribution >= 4 is 28.6 Å². The first-order valence-electron chi connectivity index (χ1n) is 5.93. The zero-order valence-corrected chi connectivity index (χ0v) is 12.5. The van der Waals surface area contributed by atoms with E-state index in [2.05, 4.69) is 10.6 Å². The number of carbonyl (C=O) groups excluding carboxylic acids is 2. The van der Waals surface area contributed by atoms with Crippen LogP contribution in [0.3, 0.4) is 0 Å². The normalized spacial score (nSPS) is 14.9. The van der Waals surface area contributed by atoms with Gasteiger partial charge in [0, 0.05) is 31.4 Å². The number of nitrogens with one attached hydrogen (secondary N) is 2. The molecule has 116 valence electrons. The maximum absolute atomic E-state index is 11.9. The number of methoxy groups -OCH3 is 1. The molecule has 0 bridgehead atoms. The van der Waals surface area contributed by atoms with Gasteiger partial charge in [0.15, 0.2) is 0 Å². The van der Waals surface area contributed by atoms with Crippen molar-refractivity contribution in [2.24, 2.45) is 0 Å². The van der Waals surface area contributed by atoms with Crippen LogP contribution < -0.4 is 10.6 Å². The monoisotopic (exact) mass is 308 g/mol. The zero-order chi connectivity index (χ0) is 15.7. The molecule has 0 aromatic rings. The molecule has 3 N–H and O–H groups in total. The van der Waals surface area contributed by atoms with E-state index in [-0.39, 0.29) is 12.3 Å². The van der Waals surface area contributed by atoms with Gasteiger partial charge in [-0.15, -0.1) is 0 Å². The van der Waals surface area contributed by atoms with E-state index in [1.54, 1.807) is 0 Å². The molecular formula is C11H20N2O6S. The number of carbonyl (C=O) groups is 3. The first kappa shape index (κ1) is 18.5. The van der Waals surface area contributed by atoms with E-state index >= 15 is 0 Å². The van der Waals surface area contributed by atoms with Crippen LogP contribution >= 0.6 is 0 Å². The number of amides is 2. The third kappa shape index (κ3) is 7.19. The van der Waals surface area contributed by atoms with E-state index in [1.807, 2.05) is 0 Å². The van der Waals surface area contributed by atoms with Crippen LogP contribution in [0.4, 0.5) is 0 Å². The van der Waals surface area contributed by atoms with Crippen molar-refractivity contribution < 1.29 is 28.4 Å². The van der Waals surface area contributed by atoms with Gasteiger partial charge in [-0.1, -0.05) is 0 Å². The molecule has 9 heteroatoms. The molecule has 0 saturated heterocycles. The highest BCUT2D eigenvalue weighted by Crippen LogP contribution is 2.00. The van der Waals surface area contributed by atoms with Crippen LogP contribution in [0, 0.1) is 0 Å². The van der Waals surface area contributed by atoms with Crippen molar-refractivity contribution in [2.45, 2.75) is 25.1 Å². The minimum atomic E-state index is -1.72. The first-order chi connectivity index (χ1) is 9.29. The van der Waals surface area contributed by atoms with Crippen LogP contribution in [0.2, 0.25) is 0 Å². The summed E-state index contributed by atoms with van der Waals surface area (Å²) < 4.78 is 16.7. The Morgan fingerprint density at radius 2 is 1.95 bits per heavy atom. The second-order valence-electron chi connectivity index (χ2n) is 4.06. The summed E-state index contributed by atoms with van der Waals surface area (Å²) in [7, 11) is -0.231. The Bertz CT molecular complexity index is 387. The molecule has 0 radical (unpaired) electrons. The molecule has 0 aliphatic rings. The topological polar surface area (TPSA) is 122 Å². The van der Waals surface area contributed by atoms with Crippen LogP contribution in [0.5, 0.6) is 0 Å². The molecule has 2 amide bonds. The highest BCUT2D eigenvalue weighted by Gasteiger charge is 2.27. The Morgan fingerprint density at radius 1 is 1.35 bits per heavy atom. The van der Waals surface area contributed by atoms with Crippen molar-refractivity contribution in [3.8, 4) is 0 Å². The third-order valence-corrected chi connectivity index (χ3v) is 4.04. The average molecular weight is 308 g/mol. The first-order valence-corrected chi connectivity index (χ1v) is 7.31. The van der Waals surface area contributed by atoms with E-state index in [4.69, 9.17) is 9.84 Å². The summed E-state index contributed by atoms with van der Waals surface area (Å²) in [5, 5.41) is 12.7. The van der Waals surface area contributed by atoms with Crippen molar-refractivity contribution in [1.82, 2.24) is 10.6 Å². The fourth-order valence-corrected chi connectivity index (χ4v) is 2.43. The molecule has 0 heterocycles. The molecule has 0 aromatic heterocycles. The van der Waals surface area contributed by atoms with E-state index in [9.17, 15) is 18.6 Å². The second-order valence-corrected chi connectivity index (χ2v) is 5.87. The number of aliphatic carboxylic acids is 1. The van der Waals surface area contributed by atoms with Gasteiger partial charge in [-0.25, -0.2) is 4.79 Å². The second kappa shape index (κ2) is 9.43.